The fraction of sp³-hybridized carbons (Fsp3) is 0.375. The van der Waals surface area contributed by atoms with Gasteiger partial charge in [0, 0.05) is 59.4 Å². The summed E-state index contributed by atoms with van der Waals surface area (Å²) in [6, 6.07) is 10.6. The van der Waals surface area contributed by atoms with Gasteiger partial charge in [-0.1, -0.05) is 0 Å². The van der Waals surface area contributed by atoms with Crippen LogP contribution in [-0.4, -0.2) is 86.8 Å². The molecule has 2 amide bonds. The molecular weight excluding hydrogens is 564 g/mol. The van der Waals surface area contributed by atoms with Crippen LogP contribution in [-0.2, 0) is 9.59 Å². The molecule has 0 atom stereocenters. The molecule has 2 aromatic carbocycles. The predicted molar refractivity (Wildman–Crippen MR) is 169 cm³/mol. The van der Waals surface area contributed by atoms with Crippen molar-refractivity contribution in [3.05, 3.63) is 59.9 Å². The average Bonchev–Trinajstić information content (AvgIpc) is 3.67. The minimum Gasteiger partial charge on any atom is -0.497 e. The minimum absolute atomic E-state index is 0.343. The lowest BCUT2D eigenvalue weighted by atomic mass is 10.1. The average molecular weight is 605 g/mol. The molecule has 0 radical (unpaired) electrons. The number of carbonyl (C=O) groups excluding carboxylic acids is 4. The lowest BCUT2D eigenvalue weighted by Crippen LogP contribution is -2.33. The molecule has 0 fully saturated rings. The fourth-order valence-corrected chi connectivity index (χ4v) is 4.83. The Bertz CT molecular complexity index is 1470. The van der Waals surface area contributed by atoms with Gasteiger partial charge in [-0.15, -0.1) is 0 Å². The highest BCUT2D eigenvalue weighted by Crippen LogP contribution is 2.24. The van der Waals surface area contributed by atoms with Crippen molar-refractivity contribution >= 4 is 45.2 Å². The number of ketones is 2. The van der Waals surface area contributed by atoms with Crippen LogP contribution in [0.2, 0.25) is 0 Å². The zero-order chi connectivity index (χ0) is 31.3. The quantitative estimate of drug-likeness (QED) is 0.0540. The second kappa shape index (κ2) is 16.2. The van der Waals surface area contributed by atoms with Crippen LogP contribution in [0.4, 0.5) is 0 Å². The standard InChI is InChI=1S/C32H40N6O6/c1-43-21-7-9-23-25(19-37-27(23)17-21)29(39)31(41)35-15-5-13-33-11-3-4-12-34-14-6-16-36-32(42)30(40)26-20-38-28-18-22(44-2)8-10-24(26)28/h7-10,17-20,33-34,37-38H,3-6,11-16H2,1-2H3,(H,35,41)(H,36,42). The summed E-state index contributed by atoms with van der Waals surface area (Å²) in [4.78, 5) is 55.8. The van der Waals surface area contributed by atoms with Crippen LogP contribution < -0.4 is 30.7 Å². The van der Waals surface area contributed by atoms with E-state index in [1.54, 1.807) is 63.0 Å². The first kappa shape index (κ1) is 32.2. The van der Waals surface area contributed by atoms with E-state index in [4.69, 9.17) is 9.47 Å². The zero-order valence-corrected chi connectivity index (χ0v) is 25.1. The van der Waals surface area contributed by atoms with Crippen LogP contribution in [0.15, 0.2) is 48.8 Å². The van der Waals surface area contributed by atoms with Crippen LogP contribution in [0.3, 0.4) is 0 Å². The second-order valence-electron chi connectivity index (χ2n) is 10.3. The summed E-state index contributed by atoms with van der Waals surface area (Å²) in [5.74, 6) is -1.02. The SMILES string of the molecule is COc1ccc2c(C(=O)C(=O)NCCCNCCCCNCCCNC(=O)C(=O)c3c[nH]c4cc(OC)ccc34)c[nH]c2c1. The maximum Gasteiger partial charge on any atom is 0.292 e. The molecule has 0 saturated carbocycles. The normalized spacial score (nSPS) is 11.0. The van der Waals surface area contributed by atoms with Crippen molar-refractivity contribution in [3.63, 3.8) is 0 Å². The molecule has 2 heterocycles. The topological polar surface area (TPSA) is 166 Å². The van der Waals surface area contributed by atoms with Gasteiger partial charge in [0.05, 0.1) is 25.3 Å². The molecule has 0 saturated heterocycles. The molecular formula is C32H40N6O6. The smallest absolute Gasteiger partial charge is 0.292 e. The lowest BCUT2D eigenvalue weighted by Gasteiger charge is -2.08. The van der Waals surface area contributed by atoms with E-state index in [2.05, 4.69) is 31.2 Å². The van der Waals surface area contributed by atoms with Gasteiger partial charge in [-0.05, 0) is 76.1 Å². The van der Waals surface area contributed by atoms with Gasteiger partial charge in [0.25, 0.3) is 23.4 Å². The molecule has 4 rings (SSSR count). The summed E-state index contributed by atoms with van der Waals surface area (Å²) in [6.07, 6.45) is 6.51. The number of Topliss-reactive ketones (excluding diaryl/α,β-unsaturated/α-hetero) is 2. The van der Waals surface area contributed by atoms with E-state index in [1.165, 1.54) is 0 Å². The zero-order valence-electron chi connectivity index (χ0n) is 25.1. The highest BCUT2D eigenvalue weighted by atomic mass is 16.5. The molecule has 0 unspecified atom stereocenters. The van der Waals surface area contributed by atoms with Crippen LogP contribution in [0.1, 0.15) is 46.4 Å². The van der Waals surface area contributed by atoms with Crippen molar-refractivity contribution < 1.29 is 28.7 Å². The number of ether oxygens (including phenoxy) is 2. The number of rotatable bonds is 19. The van der Waals surface area contributed by atoms with Gasteiger partial charge in [-0.3, -0.25) is 19.2 Å². The molecule has 0 spiro atoms. The maximum absolute atomic E-state index is 12.6. The van der Waals surface area contributed by atoms with E-state index in [0.29, 0.717) is 59.3 Å². The molecule has 0 aliphatic heterocycles. The summed E-state index contributed by atoms with van der Waals surface area (Å²) >= 11 is 0. The Morgan fingerprint density at radius 3 is 1.41 bits per heavy atom. The van der Waals surface area contributed by atoms with Crippen molar-refractivity contribution in [1.29, 1.82) is 0 Å². The second-order valence-corrected chi connectivity index (χ2v) is 10.3. The van der Waals surface area contributed by atoms with Gasteiger partial charge in [0.2, 0.25) is 0 Å². The van der Waals surface area contributed by atoms with Crippen molar-refractivity contribution in [2.24, 2.45) is 0 Å². The fourth-order valence-electron chi connectivity index (χ4n) is 4.83. The van der Waals surface area contributed by atoms with Crippen molar-refractivity contribution in [1.82, 2.24) is 31.2 Å². The molecule has 0 aliphatic carbocycles. The number of H-pyrrole nitrogens is 2. The monoisotopic (exact) mass is 604 g/mol. The Morgan fingerprint density at radius 1 is 0.591 bits per heavy atom. The number of benzene rings is 2. The Kier molecular flexibility index (Phi) is 11.9. The van der Waals surface area contributed by atoms with Crippen LogP contribution in [0.25, 0.3) is 21.8 Å². The number of nitrogens with one attached hydrogen (secondary N) is 6. The molecule has 2 aromatic heterocycles. The van der Waals surface area contributed by atoms with E-state index in [1.807, 2.05) is 0 Å². The van der Waals surface area contributed by atoms with Crippen molar-refractivity contribution in [3.8, 4) is 11.5 Å². The van der Waals surface area contributed by atoms with Crippen molar-refractivity contribution in [2.45, 2.75) is 25.7 Å². The number of aromatic nitrogens is 2. The summed E-state index contributed by atoms with van der Waals surface area (Å²) in [5.41, 5.74) is 2.16. The Hall–Kier alpha value is -4.68. The highest BCUT2D eigenvalue weighted by molar-refractivity contribution is 6.45. The van der Waals surface area contributed by atoms with E-state index in [0.717, 1.165) is 50.1 Å². The number of methoxy groups -OCH3 is 2. The van der Waals surface area contributed by atoms with Crippen LogP contribution in [0.5, 0.6) is 11.5 Å². The number of amides is 2. The van der Waals surface area contributed by atoms with E-state index >= 15 is 0 Å². The number of unbranched alkanes of at least 4 members (excludes halogenated alkanes) is 1. The third-order valence-corrected chi connectivity index (χ3v) is 7.27. The minimum atomic E-state index is -0.616. The van der Waals surface area contributed by atoms with Gasteiger partial charge < -0.3 is 40.7 Å². The van der Waals surface area contributed by atoms with Crippen molar-refractivity contribution in [2.75, 3.05) is 53.5 Å². The first-order valence-electron chi connectivity index (χ1n) is 14.8. The maximum atomic E-state index is 12.6. The molecule has 12 heteroatoms. The van der Waals surface area contributed by atoms with E-state index < -0.39 is 23.4 Å². The van der Waals surface area contributed by atoms with Gasteiger partial charge in [0.15, 0.2) is 0 Å². The molecule has 6 N–H and O–H groups in total. The molecule has 0 bridgehead atoms. The number of fused-ring (bicyclic) bond motifs is 2. The van der Waals surface area contributed by atoms with Gasteiger partial charge >= 0.3 is 0 Å². The number of hydrogen-bond donors (Lipinski definition) is 6. The third-order valence-electron chi connectivity index (χ3n) is 7.27. The molecule has 0 aliphatic rings. The molecule has 44 heavy (non-hydrogen) atoms. The summed E-state index contributed by atoms with van der Waals surface area (Å²) in [6.45, 7) is 4.00. The van der Waals surface area contributed by atoms with Gasteiger partial charge in [-0.25, -0.2) is 0 Å². The summed E-state index contributed by atoms with van der Waals surface area (Å²) in [5, 5.41) is 13.5. The number of aromatic amines is 2. The van der Waals surface area contributed by atoms with Crippen LogP contribution in [0, 0.1) is 0 Å². The summed E-state index contributed by atoms with van der Waals surface area (Å²) < 4.78 is 10.4. The lowest BCUT2D eigenvalue weighted by molar-refractivity contribution is -0.117. The Morgan fingerprint density at radius 2 is 1.00 bits per heavy atom. The largest absolute Gasteiger partial charge is 0.497 e. The predicted octanol–water partition coefficient (Wildman–Crippen LogP) is 2.70. The first-order chi connectivity index (χ1) is 21.4. The number of hydrogen-bond acceptors (Lipinski definition) is 8. The first-order valence-corrected chi connectivity index (χ1v) is 14.8. The molecule has 12 nitrogen and oxygen atoms in total. The van der Waals surface area contributed by atoms with Gasteiger partial charge in [0.1, 0.15) is 11.5 Å². The van der Waals surface area contributed by atoms with E-state index in [9.17, 15) is 19.2 Å². The Balaban J connectivity index is 0.980. The van der Waals surface area contributed by atoms with E-state index in [-0.39, 0.29) is 0 Å². The molecule has 234 valence electrons. The third kappa shape index (κ3) is 8.45. The summed E-state index contributed by atoms with van der Waals surface area (Å²) in [7, 11) is 3.14. The highest BCUT2D eigenvalue weighted by Gasteiger charge is 2.21. The van der Waals surface area contributed by atoms with Crippen LogP contribution >= 0.6 is 0 Å². The number of carbonyl (C=O) groups is 4. The molecule has 4 aromatic rings. The Labute approximate surface area is 255 Å². The van der Waals surface area contributed by atoms with Gasteiger partial charge in [-0.2, -0.15) is 0 Å².